The van der Waals surface area contributed by atoms with Crippen LogP contribution in [0.25, 0.3) is 0 Å². The topological polar surface area (TPSA) is 12.5 Å². The average molecular weight is 133 g/mol. The van der Waals surface area contributed by atoms with Gasteiger partial charge in [-0.15, -0.1) is 0 Å². The molecule has 2 atom stereocenters. The third-order valence-electron chi connectivity index (χ3n) is 1.51. The lowest BCUT2D eigenvalue weighted by Gasteiger charge is -2.15. The highest BCUT2D eigenvalue weighted by Crippen LogP contribution is 2.20. The van der Waals surface area contributed by atoms with Crippen LogP contribution in [-0.4, -0.2) is 24.6 Å². The fourth-order valence-corrected chi connectivity index (χ4v) is 1.46. The first kappa shape index (κ1) is 6.47. The number of hydrogen-bond acceptors (Lipinski definition) is 2. The molecule has 0 radical (unpaired) electrons. The minimum absolute atomic E-state index is 0.361. The van der Waals surface area contributed by atoms with Crippen LogP contribution in [0.1, 0.15) is 12.8 Å². The Labute approximate surface area is 52.5 Å². The van der Waals surface area contributed by atoms with Gasteiger partial charge in [0.1, 0.15) is 6.23 Å². The van der Waals surface area contributed by atoms with Crippen LogP contribution in [0.2, 0.25) is 0 Å². The van der Waals surface area contributed by atoms with Crippen LogP contribution in [0, 0.1) is 0 Å². The highest BCUT2D eigenvalue weighted by atomic mass is 31.0. The summed E-state index contributed by atoms with van der Waals surface area (Å²) in [4.78, 5) is 0. The van der Waals surface area contributed by atoms with Gasteiger partial charge in [0.05, 0.1) is 0 Å². The summed E-state index contributed by atoms with van der Waals surface area (Å²) in [6.45, 7) is 1.16. The minimum atomic E-state index is 0.361. The van der Waals surface area contributed by atoms with Gasteiger partial charge in [0.2, 0.25) is 0 Å². The van der Waals surface area contributed by atoms with Gasteiger partial charge in [-0.05, 0) is 12.8 Å². The van der Waals surface area contributed by atoms with Gasteiger partial charge in [-0.2, -0.15) is 0 Å². The van der Waals surface area contributed by atoms with E-state index in [-0.39, 0.29) is 0 Å². The molecule has 1 fully saturated rings. The summed E-state index contributed by atoms with van der Waals surface area (Å²) in [5, 5.41) is 0. The largest absolute Gasteiger partial charge is 0.366 e. The fraction of sp³-hybridized carbons (Fsp3) is 1.00. The highest BCUT2D eigenvalue weighted by molar-refractivity contribution is 7.13. The van der Waals surface area contributed by atoms with Crippen molar-refractivity contribution in [3.63, 3.8) is 0 Å². The van der Waals surface area contributed by atoms with Crippen LogP contribution in [0.3, 0.4) is 0 Å². The smallest absolute Gasteiger partial charge is 0.113 e. The Bertz CT molecular complexity index is 78.8. The zero-order chi connectivity index (χ0) is 5.98. The van der Waals surface area contributed by atoms with Crippen molar-refractivity contribution in [2.75, 3.05) is 13.7 Å². The first-order valence-electron chi connectivity index (χ1n) is 2.88. The summed E-state index contributed by atoms with van der Waals surface area (Å²) >= 11 is 0. The van der Waals surface area contributed by atoms with E-state index in [1.807, 2.05) is 0 Å². The summed E-state index contributed by atoms with van der Waals surface area (Å²) in [7, 11) is 4.42. The van der Waals surface area contributed by atoms with Gasteiger partial charge < -0.3 is 4.74 Å². The van der Waals surface area contributed by atoms with E-state index in [4.69, 9.17) is 4.74 Å². The Morgan fingerprint density at radius 2 is 2.50 bits per heavy atom. The van der Waals surface area contributed by atoms with Gasteiger partial charge in [0, 0.05) is 13.7 Å². The molecule has 0 amide bonds. The highest BCUT2D eigenvalue weighted by Gasteiger charge is 2.19. The summed E-state index contributed by atoms with van der Waals surface area (Å²) in [5.74, 6) is 0. The molecule has 0 aromatic rings. The maximum absolute atomic E-state index is 5.13. The van der Waals surface area contributed by atoms with E-state index in [0.29, 0.717) is 6.23 Å². The molecule has 0 aromatic heterocycles. The molecule has 2 unspecified atom stereocenters. The molecule has 1 aliphatic rings. The molecule has 3 heteroatoms. The fourth-order valence-electron chi connectivity index (χ4n) is 1.01. The van der Waals surface area contributed by atoms with E-state index in [1.54, 1.807) is 7.11 Å². The van der Waals surface area contributed by atoms with Crippen molar-refractivity contribution in [1.29, 1.82) is 0 Å². The molecule has 0 N–H and O–H groups in total. The normalized spacial score (nSPS) is 31.5. The zero-order valence-electron chi connectivity index (χ0n) is 5.13. The van der Waals surface area contributed by atoms with E-state index >= 15 is 0 Å². The predicted molar refractivity (Wildman–Crippen MR) is 36.4 cm³/mol. The van der Waals surface area contributed by atoms with Gasteiger partial charge in [-0.25, -0.2) is 0 Å². The van der Waals surface area contributed by atoms with E-state index in [9.17, 15) is 0 Å². The molecule has 0 aliphatic carbocycles. The van der Waals surface area contributed by atoms with Crippen molar-refractivity contribution in [3.8, 4) is 0 Å². The Morgan fingerprint density at radius 3 is 2.75 bits per heavy atom. The maximum Gasteiger partial charge on any atom is 0.113 e. The van der Waals surface area contributed by atoms with E-state index in [0.717, 1.165) is 6.54 Å². The van der Waals surface area contributed by atoms with Crippen molar-refractivity contribution in [2.45, 2.75) is 19.1 Å². The molecule has 0 saturated carbocycles. The summed E-state index contributed by atoms with van der Waals surface area (Å²) in [6, 6.07) is 0. The van der Waals surface area contributed by atoms with Gasteiger partial charge in [-0.1, -0.05) is 9.39 Å². The minimum Gasteiger partial charge on any atom is -0.366 e. The monoisotopic (exact) mass is 133 g/mol. The Hall–Kier alpha value is 0.350. The van der Waals surface area contributed by atoms with Crippen molar-refractivity contribution < 1.29 is 4.74 Å². The molecule has 0 aromatic carbocycles. The van der Waals surface area contributed by atoms with E-state index in [1.165, 1.54) is 12.8 Å². The summed E-state index contributed by atoms with van der Waals surface area (Å²) in [6.07, 6.45) is 2.81. The molecule has 1 rings (SSSR count). The summed E-state index contributed by atoms with van der Waals surface area (Å²) < 4.78 is 7.28. The quantitative estimate of drug-likeness (QED) is 0.491. The molecule has 0 bridgehead atoms. The number of ether oxygens (including phenoxy) is 1. The molecule has 0 spiro atoms. The Morgan fingerprint density at radius 1 is 1.75 bits per heavy atom. The Balaban J connectivity index is 2.30. The van der Waals surface area contributed by atoms with Gasteiger partial charge >= 0.3 is 0 Å². The van der Waals surface area contributed by atoms with Crippen LogP contribution in [0.4, 0.5) is 0 Å². The SMILES string of the molecule is COC1CCCN1P. The van der Waals surface area contributed by atoms with Crippen LogP contribution < -0.4 is 0 Å². The molecular formula is C5H12NOP. The number of nitrogens with zero attached hydrogens (tertiary/aromatic N) is 1. The van der Waals surface area contributed by atoms with Gasteiger partial charge in [0.15, 0.2) is 0 Å². The van der Waals surface area contributed by atoms with Crippen molar-refractivity contribution >= 4 is 9.39 Å². The first-order chi connectivity index (χ1) is 3.84. The zero-order valence-corrected chi connectivity index (χ0v) is 6.29. The van der Waals surface area contributed by atoms with E-state index < -0.39 is 0 Å². The second-order valence-corrected chi connectivity index (χ2v) is 2.73. The lowest BCUT2D eigenvalue weighted by Crippen LogP contribution is -2.20. The van der Waals surface area contributed by atoms with Crippen LogP contribution in [-0.2, 0) is 4.74 Å². The second kappa shape index (κ2) is 2.77. The molecule has 1 heterocycles. The molecular weight excluding hydrogens is 121 g/mol. The van der Waals surface area contributed by atoms with Crippen LogP contribution >= 0.6 is 9.39 Å². The van der Waals surface area contributed by atoms with Crippen molar-refractivity contribution in [3.05, 3.63) is 0 Å². The second-order valence-electron chi connectivity index (χ2n) is 2.07. The molecule has 2 nitrogen and oxygen atoms in total. The molecule has 1 aliphatic heterocycles. The first-order valence-corrected chi connectivity index (χ1v) is 3.40. The molecule has 8 heavy (non-hydrogen) atoms. The number of rotatable bonds is 1. The lowest BCUT2D eigenvalue weighted by molar-refractivity contribution is 0.0453. The van der Waals surface area contributed by atoms with Gasteiger partial charge in [-0.3, -0.25) is 4.67 Å². The van der Waals surface area contributed by atoms with Crippen LogP contribution in [0.5, 0.6) is 0 Å². The van der Waals surface area contributed by atoms with Gasteiger partial charge in [0.25, 0.3) is 0 Å². The molecule has 48 valence electrons. The predicted octanol–water partition coefficient (Wildman–Crippen LogP) is 0.845. The molecule has 1 saturated heterocycles. The average Bonchev–Trinajstić information content (AvgIpc) is 2.14. The third kappa shape index (κ3) is 1.19. The van der Waals surface area contributed by atoms with E-state index in [2.05, 4.69) is 14.1 Å². The Kier molecular flexibility index (Phi) is 2.24. The van der Waals surface area contributed by atoms with Crippen LogP contribution in [0.15, 0.2) is 0 Å². The van der Waals surface area contributed by atoms with Crippen molar-refractivity contribution in [1.82, 2.24) is 4.67 Å². The summed E-state index contributed by atoms with van der Waals surface area (Å²) in [5.41, 5.74) is 0. The third-order valence-corrected chi connectivity index (χ3v) is 2.10. The lowest BCUT2D eigenvalue weighted by atomic mass is 10.4. The maximum atomic E-state index is 5.13. The standard InChI is InChI=1S/C5H12NOP/c1-7-5-3-2-4-6(5)8/h5H,2-4,8H2,1H3. The number of hydrogen-bond donors (Lipinski definition) is 0. The van der Waals surface area contributed by atoms with Crippen molar-refractivity contribution in [2.24, 2.45) is 0 Å². The number of methoxy groups -OCH3 is 1.